The van der Waals surface area contributed by atoms with Gasteiger partial charge in [-0.1, -0.05) is 0 Å². The highest BCUT2D eigenvalue weighted by Gasteiger charge is 2.45. The summed E-state index contributed by atoms with van der Waals surface area (Å²) in [6.07, 6.45) is 3.93. The number of hydrogen-bond donors (Lipinski definition) is 0. The minimum atomic E-state index is -0.677. The van der Waals surface area contributed by atoms with Crippen molar-refractivity contribution in [3.05, 3.63) is 0 Å². The van der Waals surface area contributed by atoms with Crippen LogP contribution < -0.4 is 0 Å². The van der Waals surface area contributed by atoms with Gasteiger partial charge in [0.25, 0.3) is 0 Å². The number of carbonyl (C=O) groups is 1. The average molecular weight is 248 g/mol. The third-order valence-corrected chi connectivity index (χ3v) is 3.81. The zero-order valence-electron chi connectivity index (χ0n) is 10.3. The molecule has 2 aliphatic carbocycles. The van der Waals surface area contributed by atoms with Gasteiger partial charge in [-0.3, -0.25) is 0 Å². The monoisotopic (exact) mass is 248 g/mol. The van der Waals surface area contributed by atoms with E-state index in [1.807, 2.05) is 0 Å². The largest absolute Gasteiger partial charge is 0.508 e. The zero-order valence-corrected chi connectivity index (χ0v) is 10.3. The Morgan fingerprint density at radius 2 is 1.33 bits per heavy atom. The van der Waals surface area contributed by atoms with E-state index in [1.165, 1.54) is 0 Å². The van der Waals surface area contributed by atoms with Crippen molar-refractivity contribution in [2.75, 3.05) is 13.2 Å². The number of hydrogen-bond acceptors (Lipinski definition) is 5. The smallest absolute Gasteiger partial charge is 0.434 e. The Morgan fingerprint density at radius 3 is 1.61 bits per heavy atom. The van der Waals surface area contributed by atoms with Crippen molar-refractivity contribution in [3.8, 4) is 12.1 Å². The van der Waals surface area contributed by atoms with Gasteiger partial charge < -0.3 is 9.47 Å². The van der Waals surface area contributed by atoms with Crippen LogP contribution in [-0.4, -0.2) is 19.4 Å². The standard InChI is InChI=1S/C13H16N2O3/c14-7-5-12(1-2-12)9-17-11(16)18-10-13(3-4-13)6-8-15/h1-6,9-10H2. The first-order valence-electron chi connectivity index (χ1n) is 6.17. The highest BCUT2D eigenvalue weighted by molar-refractivity contribution is 5.60. The zero-order chi connectivity index (χ0) is 13.1. The first-order chi connectivity index (χ1) is 8.64. The molecule has 0 amide bonds. The molecule has 0 saturated heterocycles. The van der Waals surface area contributed by atoms with E-state index in [2.05, 4.69) is 12.1 Å². The van der Waals surface area contributed by atoms with Crippen LogP contribution in [0.3, 0.4) is 0 Å². The highest BCUT2D eigenvalue weighted by Crippen LogP contribution is 2.49. The molecule has 0 aromatic heterocycles. The van der Waals surface area contributed by atoms with E-state index in [-0.39, 0.29) is 24.0 Å². The van der Waals surface area contributed by atoms with E-state index in [4.69, 9.17) is 20.0 Å². The summed E-state index contributed by atoms with van der Waals surface area (Å²) in [5, 5.41) is 17.3. The van der Waals surface area contributed by atoms with Gasteiger partial charge in [-0.25, -0.2) is 4.79 Å². The summed E-state index contributed by atoms with van der Waals surface area (Å²) in [4.78, 5) is 11.4. The highest BCUT2D eigenvalue weighted by atomic mass is 16.7. The maximum Gasteiger partial charge on any atom is 0.508 e. The molecule has 0 aliphatic heterocycles. The second-order valence-electron chi connectivity index (χ2n) is 5.50. The van der Waals surface area contributed by atoms with Crippen molar-refractivity contribution in [2.45, 2.75) is 38.5 Å². The number of carbonyl (C=O) groups excluding carboxylic acids is 1. The van der Waals surface area contributed by atoms with Crippen LogP contribution in [0.2, 0.25) is 0 Å². The fourth-order valence-corrected chi connectivity index (χ4v) is 1.90. The molecular formula is C13H16N2O3. The van der Waals surface area contributed by atoms with E-state index in [0.29, 0.717) is 12.8 Å². The quantitative estimate of drug-likeness (QED) is 0.674. The minimum Gasteiger partial charge on any atom is -0.434 e. The van der Waals surface area contributed by atoms with Gasteiger partial charge in [-0.15, -0.1) is 0 Å². The van der Waals surface area contributed by atoms with Crippen molar-refractivity contribution in [1.82, 2.24) is 0 Å². The number of rotatable bonds is 6. The van der Waals surface area contributed by atoms with E-state index >= 15 is 0 Å². The predicted molar refractivity (Wildman–Crippen MR) is 61.1 cm³/mol. The van der Waals surface area contributed by atoms with Crippen LogP contribution in [0.25, 0.3) is 0 Å². The Morgan fingerprint density at radius 1 is 0.944 bits per heavy atom. The summed E-state index contributed by atoms with van der Waals surface area (Å²) in [5.74, 6) is 0. The maximum absolute atomic E-state index is 11.4. The fourth-order valence-electron chi connectivity index (χ4n) is 1.90. The molecule has 0 bridgehead atoms. The summed E-state index contributed by atoms with van der Waals surface area (Å²) < 4.78 is 10.1. The topological polar surface area (TPSA) is 83.1 Å². The third kappa shape index (κ3) is 3.13. The second-order valence-corrected chi connectivity index (χ2v) is 5.50. The first kappa shape index (κ1) is 12.7. The molecule has 0 aromatic rings. The normalized spacial score (nSPS) is 21.2. The Bertz CT molecular complexity index is 373. The van der Waals surface area contributed by atoms with E-state index in [1.54, 1.807) is 0 Å². The van der Waals surface area contributed by atoms with Crippen molar-refractivity contribution in [2.24, 2.45) is 10.8 Å². The molecular weight excluding hydrogens is 232 g/mol. The van der Waals surface area contributed by atoms with Gasteiger partial charge in [0.15, 0.2) is 0 Å². The Labute approximate surface area is 106 Å². The molecule has 0 N–H and O–H groups in total. The van der Waals surface area contributed by atoms with Crippen molar-refractivity contribution in [1.29, 1.82) is 10.5 Å². The summed E-state index contributed by atoms with van der Waals surface area (Å²) in [7, 11) is 0. The molecule has 0 unspecified atom stereocenters. The van der Waals surface area contributed by atoms with Crippen molar-refractivity contribution in [3.63, 3.8) is 0 Å². The molecule has 2 rings (SSSR count). The van der Waals surface area contributed by atoms with Crippen LogP contribution in [0.5, 0.6) is 0 Å². The van der Waals surface area contributed by atoms with Gasteiger partial charge in [0.2, 0.25) is 0 Å². The average Bonchev–Trinajstić information content (AvgIpc) is 3.24. The lowest BCUT2D eigenvalue weighted by atomic mass is 10.1. The van der Waals surface area contributed by atoms with E-state index < -0.39 is 6.16 Å². The predicted octanol–water partition coefficient (Wildman–Crippen LogP) is 2.53. The van der Waals surface area contributed by atoms with Gasteiger partial charge in [0, 0.05) is 23.7 Å². The van der Waals surface area contributed by atoms with Crippen molar-refractivity contribution < 1.29 is 14.3 Å². The molecule has 18 heavy (non-hydrogen) atoms. The first-order valence-corrected chi connectivity index (χ1v) is 6.17. The summed E-state index contributed by atoms with van der Waals surface area (Å²) in [5.41, 5.74) is -0.227. The van der Waals surface area contributed by atoms with Gasteiger partial charge >= 0.3 is 6.16 Å². The summed E-state index contributed by atoms with van der Waals surface area (Å²) in [6, 6.07) is 4.22. The molecule has 0 spiro atoms. The van der Waals surface area contributed by atoms with E-state index in [9.17, 15) is 4.79 Å². The SMILES string of the molecule is N#CCC1(COC(=O)OCC2(CC#N)CC2)CC1. The summed E-state index contributed by atoms with van der Waals surface area (Å²) in [6.45, 7) is 0.537. The molecule has 5 nitrogen and oxygen atoms in total. The molecule has 0 radical (unpaired) electrons. The number of ether oxygens (including phenoxy) is 2. The molecule has 0 aromatic carbocycles. The van der Waals surface area contributed by atoms with Gasteiger partial charge in [-0.2, -0.15) is 10.5 Å². The van der Waals surface area contributed by atoms with Crippen LogP contribution in [0.4, 0.5) is 4.79 Å². The van der Waals surface area contributed by atoms with Crippen LogP contribution in [0.1, 0.15) is 38.5 Å². The molecule has 0 heterocycles. The molecule has 5 heteroatoms. The number of nitrogens with zero attached hydrogens (tertiary/aromatic N) is 2. The molecule has 2 aliphatic rings. The van der Waals surface area contributed by atoms with Crippen LogP contribution in [-0.2, 0) is 9.47 Å². The lowest BCUT2D eigenvalue weighted by Gasteiger charge is -2.14. The minimum absolute atomic E-state index is 0.113. The van der Waals surface area contributed by atoms with Gasteiger partial charge in [-0.05, 0) is 25.7 Å². The maximum atomic E-state index is 11.4. The van der Waals surface area contributed by atoms with Gasteiger partial charge in [0.1, 0.15) is 13.2 Å². The molecule has 0 atom stereocenters. The number of nitriles is 2. The Kier molecular flexibility index (Phi) is 3.43. The lowest BCUT2D eigenvalue weighted by molar-refractivity contribution is 0.0291. The third-order valence-electron chi connectivity index (χ3n) is 3.81. The van der Waals surface area contributed by atoms with E-state index in [0.717, 1.165) is 25.7 Å². The Balaban J connectivity index is 1.65. The summed E-state index contributed by atoms with van der Waals surface area (Å²) >= 11 is 0. The lowest BCUT2D eigenvalue weighted by Crippen LogP contribution is -2.19. The molecule has 2 saturated carbocycles. The van der Waals surface area contributed by atoms with Crippen LogP contribution in [0, 0.1) is 33.5 Å². The van der Waals surface area contributed by atoms with Gasteiger partial charge in [0.05, 0.1) is 12.1 Å². The second kappa shape index (κ2) is 4.86. The molecule has 2 fully saturated rings. The fraction of sp³-hybridized carbons (Fsp3) is 0.769. The van der Waals surface area contributed by atoms with Crippen molar-refractivity contribution >= 4 is 6.16 Å². The van der Waals surface area contributed by atoms with Crippen LogP contribution in [0.15, 0.2) is 0 Å². The molecule has 96 valence electrons. The Hall–Kier alpha value is -1.75. The van der Waals surface area contributed by atoms with Crippen LogP contribution >= 0.6 is 0 Å².